The van der Waals surface area contributed by atoms with Crippen molar-refractivity contribution in [2.75, 3.05) is 13.7 Å². The second kappa shape index (κ2) is 7.35. The standard InChI is InChI=1S/C17H20N2O4S/c1-4-23-17-11-14(7-10-16(17)20)12-18-19(3)24(21,22)15-8-5-13(2)6-9-15/h5-12,20H,4H2,1-3H3/b18-12+. The predicted octanol–water partition coefficient (Wildman–Crippen LogP) is 2.75. The fourth-order valence-corrected chi connectivity index (χ4v) is 2.91. The van der Waals surface area contributed by atoms with E-state index in [0.717, 1.165) is 9.98 Å². The summed E-state index contributed by atoms with van der Waals surface area (Å²) < 4.78 is 31.1. The van der Waals surface area contributed by atoms with Gasteiger partial charge in [-0.2, -0.15) is 17.9 Å². The Labute approximate surface area is 142 Å². The molecule has 0 saturated carbocycles. The Balaban J connectivity index is 2.22. The van der Waals surface area contributed by atoms with E-state index in [0.29, 0.717) is 17.9 Å². The first-order valence-corrected chi connectivity index (χ1v) is 8.84. The molecule has 0 spiro atoms. The SMILES string of the molecule is CCOc1cc(/C=N/N(C)S(=O)(=O)c2ccc(C)cc2)ccc1O. The fraction of sp³-hybridized carbons (Fsp3) is 0.235. The molecule has 0 amide bonds. The van der Waals surface area contributed by atoms with Gasteiger partial charge in [0.25, 0.3) is 10.0 Å². The molecule has 0 fully saturated rings. The van der Waals surface area contributed by atoms with Gasteiger partial charge in [0, 0.05) is 7.05 Å². The number of benzene rings is 2. The molecule has 0 heterocycles. The van der Waals surface area contributed by atoms with E-state index in [9.17, 15) is 13.5 Å². The first-order valence-electron chi connectivity index (χ1n) is 7.40. The van der Waals surface area contributed by atoms with E-state index >= 15 is 0 Å². The number of sulfonamides is 1. The van der Waals surface area contributed by atoms with E-state index < -0.39 is 10.0 Å². The predicted molar refractivity (Wildman–Crippen MR) is 93.0 cm³/mol. The van der Waals surface area contributed by atoms with Crippen molar-refractivity contribution in [3.63, 3.8) is 0 Å². The van der Waals surface area contributed by atoms with Gasteiger partial charge in [-0.05, 0) is 49.7 Å². The third-order valence-corrected chi connectivity index (χ3v) is 4.98. The number of aryl methyl sites for hydroxylation is 1. The number of aromatic hydroxyl groups is 1. The van der Waals surface area contributed by atoms with Gasteiger partial charge in [0.15, 0.2) is 11.5 Å². The van der Waals surface area contributed by atoms with Crippen LogP contribution in [0, 0.1) is 6.92 Å². The molecule has 6 nitrogen and oxygen atoms in total. The maximum absolute atomic E-state index is 12.4. The quantitative estimate of drug-likeness (QED) is 0.643. The van der Waals surface area contributed by atoms with Crippen molar-refractivity contribution in [1.29, 1.82) is 0 Å². The van der Waals surface area contributed by atoms with Gasteiger partial charge >= 0.3 is 0 Å². The number of phenolic OH excluding ortho intramolecular Hbond substituents is 1. The molecule has 2 rings (SSSR count). The minimum absolute atomic E-state index is 0.0228. The number of hydrogen-bond donors (Lipinski definition) is 1. The molecular weight excluding hydrogens is 328 g/mol. The summed E-state index contributed by atoms with van der Waals surface area (Å²) in [4.78, 5) is 0.175. The molecule has 0 unspecified atom stereocenters. The molecule has 0 radical (unpaired) electrons. The summed E-state index contributed by atoms with van der Waals surface area (Å²) >= 11 is 0. The van der Waals surface area contributed by atoms with Crippen LogP contribution < -0.4 is 4.74 Å². The van der Waals surface area contributed by atoms with Gasteiger partial charge < -0.3 is 9.84 Å². The molecule has 128 valence electrons. The first kappa shape index (κ1) is 17.8. The molecule has 2 aromatic carbocycles. The summed E-state index contributed by atoms with van der Waals surface area (Å²) in [7, 11) is -2.33. The lowest BCUT2D eigenvalue weighted by atomic mass is 10.2. The average molecular weight is 348 g/mol. The summed E-state index contributed by atoms with van der Waals surface area (Å²) in [5, 5.41) is 13.6. The number of hydrazone groups is 1. The molecule has 0 atom stereocenters. The highest BCUT2D eigenvalue weighted by Gasteiger charge is 2.18. The van der Waals surface area contributed by atoms with Gasteiger partial charge in [-0.3, -0.25) is 0 Å². The molecule has 1 N–H and O–H groups in total. The van der Waals surface area contributed by atoms with E-state index in [2.05, 4.69) is 5.10 Å². The zero-order valence-electron chi connectivity index (χ0n) is 13.8. The largest absolute Gasteiger partial charge is 0.504 e. The van der Waals surface area contributed by atoms with Crippen molar-refractivity contribution in [2.24, 2.45) is 5.10 Å². The average Bonchev–Trinajstić information content (AvgIpc) is 2.55. The number of ether oxygens (including phenoxy) is 1. The second-order valence-electron chi connectivity index (χ2n) is 5.16. The molecule has 7 heteroatoms. The third kappa shape index (κ3) is 4.05. The van der Waals surface area contributed by atoms with Crippen LogP contribution in [0.4, 0.5) is 0 Å². The minimum Gasteiger partial charge on any atom is -0.504 e. The highest BCUT2D eigenvalue weighted by atomic mass is 32.2. The van der Waals surface area contributed by atoms with Crippen LogP contribution in [0.15, 0.2) is 52.5 Å². The number of hydrogen-bond acceptors (Lipinski definition) is 5. The highest BCUT2D eigenvalue weighted by Crippen LogP contribution is 2.26. The Morgan fingerprint density at radius 3 is 2.50 bits per heavy atom. The van der Waals surface area contributed by atoms with Gasteiger partial charge in [-0.15, -0.1) is 0 Å². The van der Waals surface area contributed by atoms with E-state index in [1.165, 1.54) is 19.3 Å². The lowest BCUT2D eigenvalue weighted by Crippen LogP contribution is -2.21. The third-order valence-electron chi connectivity index (χ3n) is 3.32. The summed E-state index contributed by atoms with van der Waals surface area (Å²) in [6.07, 6.45) is 1.40. The Bertz CT molecular complexity index is 830. The van der Waals surface area contributed by atoms with Crippen molar-refractivity contribution in [3.05, 3.63) is 53.6 Å². The van der Waals surface area contributed by atoms with E-state index in [-0.39, 0.29) is 10.6 Å². The van der Waals surface area contributed by atoms with Gasteiger partial charge in [-0.1, -0.05) is 17.7 Å². The summed E-state index contributed by atoms with van der Waals surface area (Å²) in [5.41, 5.74) is 1.59. The topological polar surface area (TPSA) is 79.2 Å². The fourth-order valence-electron chi connectivity index (χ4n) is 1.95. The van der Waals surface area contributed by atoms with Crippen LogP contribution in [0.25, 0.3) is 0 Å². The van der Waals surface area contributed by atoms with Crippen molar-refractivity contribution in [3.8, 4) is 11.5 Å². The smallest absolute Gasteiger partial charge is 0.278 e. The minimum atomic E-state index is -3.70. The van der Waals surface area contributed by atoms with E-state index in [1.54, 1.807) is 36.4 Å². The van der Waals surface area contributed by atoms with Crippen LogP contribution in [0.3, 0.4) is 0 Å². The zero-order valence-corrected chi connectivity index (χ0v) is 14.6. The summed E-state index contributed by atoms with van der Waals surface area (Å²) in [6, 6.07) is 11.2. The number of rotatable bonds is 6. The van der Waals surface area contributed by atoms with Gasteiger partial charge in [0.1, 0.15) is 0 Å². The van der Waals surface area contributed by atoms with Crippen molar-refractivity contribution in [1.82, 2.24) is 4.41 Å². The van der Waals surface area contributed by atoms with E-state index in [1.807, 2.05) is 13.8 Å². The Morgan fingerprint density at radius 2 is 1.88 bits per heavy atom. The molecule has 0 aliphatic heterocycles. The summed E-state index contributed by atoms with van der Waals surface area (Å²) in [5.74, 6) is 0.347. The van der Waals surface area contributed by atoms with Gasteiger partial charge in [-0.25, -0.2) is 0 Å². The summed E-state index contributed by atoms with van der Waals surface area (Å²) in [6.45, 7) is 4.11. The lowest BCUT2D eigenvalue weighted by Gasteiger charge is -2.13. The monoisotopic (exact) mass is 348 g/mol. The Kier molecular flexibility index (Phi) is 5.46. The van der Waals surface area contributed by atoms with Crippen LogP contribution in [-0.4, -0.2) is 37.8 Å². The van der Waals surface area contributed by atoms with E-state index in [4.69, 9.17) is 4.74 Å². The van der Waals surface area contributed by atoms with Crippen LogP contribution in [0.2, 0.25) is 0 Å². The molecule has 2 aromatic rings. The van der Waals surface area contributed by atoms with Crippen molar-refractivity contribution in [2.45, 2.75) is 18.7 Å². The van der Waals surface area contributed by atoms with Crippen molar-refractivity contribution >= 4 is 16.2 Å². The maximum Gasteiger partial charge on any atom is 0.278 e. The Hall–Kier alpha value is -2.54. The normalized spacial score (nSPS) is 11.6. The van der Waals surface area contributed by atoms with Gasteiger partial charge in [0.2, 0.25) is 0 Å². The van der Waals surface area contributed by atoms with Gasteiger partial charge in [0.05, 0.1) is 17.7 Å². The molecule has 0 aliphatic rings. The molecule has 0 bridgehead atoms. The molecular formula is C17H20N2O4S. The second-order valence-corrected chi connectivity index (χ2v) is 7.11. The zero-order chi connectivity index (χ0) is 17.7. The number of nitrogens with zero attached hydrogens (tertiary/aromatic N) is 2. The first-order chi connectivity index (χ1) is 11.3. The van der Waals surface area contributed by atoms with Crippen LogP contribution in [0.5, 0.6) is 11.5 Å². The highest BCUT2D eigenvalue weighted by molar-refractivity contribution is 7.89. The van der Waals surface area contributed by atoms with Crippen molar-refractivity contribution < 1.29 is 18.3 Å². The van der Waals surface area contributed by atoms with Crippen LogP contribution in [-0.2, 0) is 10.0 Å². The Morgan fingerprint density at radius 1 is 1.21 bits per heavy atom. The lowest BCUT2D eigenvalue weighted by molar-refractivity contribution is 0.318. The van der Waals surface area contributed by atoms with Crippen LogP contribution >= 0.6 is 0 Å². The molecule has 0 aromatic heterocycles. The molecule has 0 aliphatic carbocycles. The maximum atomic E-state index is 12.4. The van der Waals surface area contributed by atoms with Crippen LogP contribution in [0.1, 0.15) is 18.1 Å². The number of phenols is 1. The molecule has 0 saturated heterocycles. The molecule has 24 heavy (non-hydrogen) atoms.